The fourth-order valence-corrected chi connectivity index (χ4v) is 7.68. The van der Waals surface area contributed by atoms with E-state index in [-0.39, 0.29) is 87.5 Å². The first-order valence-corrected chi connectivity index (χ1v) is 18.5. The van der Waals surface area contributed by atoms with Gasteiger partial charge in [0, 0.05) is 45.4 Å². The number of alkyl carbamates (subject to hydrolysis) is 1. The standard InChI is InChI=1S/C37H57N7O9/c1-9-14-38-31(49)29(47)22-12-10-11-15-39-34(52)53-16-13-23(32(50)44-19-21-27(37(21,7)8)28(44)30(48)40-22)41-33(51)42-24(35(2,3)4)20-43-25(45)17-36(5,6)18-26(43)46/h9,21-24,27-28H,1,10-20H2,2-8H3,(H,38,49)(H,39,52)(H,40,48)(H2,41,42,51)/t21-,22-,23-,24+,27-,28-/m0/s1. The molecule has 16 heteroatoms. The highest BCUT2D eigenvalue weighted by molar-refractivity contribution is 6.38. The second-order valence-corrected chi connectivity index (χ2v) is 17.2. The van der Waals surface area contributed by atoms with E-state index in [0.29, 0.717) is 12.8 Å². The van der Waals surface area contributed by atoms with E-state index in [1.54, 1.807) is 0 Å². The Balaban J connectivity index is 1.57. The van der Waals surface area contributed by atoms with Gasteiger partial charge < -0.3 is 36.2 Å². The van der Waals surface area contributed by atoms with Crippen LogP contribution in [0.4, 0.5) is 9.59 Å². The average Bonchev–Trinajstić information content (AvgIpc) is 3.35. The molecule has 0 spiro atoms. The summed E-state index contributed by atoms with van der Waals surface area (Å²) in [5, 5.41) is 13.4. The molecule has 4 aliphatic rings. The molecule has 4 rings (SSSR count). The van der Waals surface area contributed by atoms with Crippen molar-refractivity contribution in [2.45, 2.75) is 111 Å². The normalized spacial score (nSPS) is 28.3. The molecule has 3 heterocycles. The van der Waals surface area contributed by atoms with E-state index in [1.165, 1.54) is 15.9 Å². The number of ketones is 1. The van der Waals surface area contributed by atoms with Gasteiger partial charge in [-0.2, -0.15) is 0 Å². The smallest absolute Gasteiger partial charge is 0.407 e. The van der Waals surface area contributed by atoms with Crippen molar-refractivity contribution in [2.24, 2.45) is 28.1 Å². The van der Waals surface area contributed by atoms with Crippen LogP contribution in [0.2, 0.25) is 0 Å². The fourth-order valence-electron chi connectivity index (χ4n) is 7.68. The molecule has 4 fully saturated rings. The highest BCUT2D eigenvalue weighted by Gasteiger charge is 2.69. The van der Waals surface area contributed by atoms with E-state index in [0.717, 1.165) is 0 Å². The fraction of sp³-hybridized carbons (Fsp3) is 0.730. The Morgan fingerprint density at radius 3 is 2.30 bits per heavy atom. The maximum absolute atomic E-state index is 14.4. The van der Waals surface area contributed by atoms with Crippen molar-refractivity contribution >= 4 is 47.4 Å². The molecule has 294 valence electrons. The minimum atomic E-state index is -1.24. The molecule has 0 bridgehead atoms. The third-order valence-corrected chi connectivity index (χ3v) is 11.0. The van der Waals surface area contributed by atoms with Gasteiger partial charge in [-0.1, -0.05) is 54.5 Å². The monoisotopic (exact) mass is 743 g/mol. The van der Waals surface area contributed by atoms with Crippen molar-refractivity contribution in [3.63, 3.8) is 0 Å². The molecule has 0 aromatic heterocycles. The Bertz CT molecular complexity index is 1480. The van der Waals surface area contributed by atoms with Crippen molar-refractivity contribution in [1.82, 2.24) is 36.4 Å². The number of nitrogens with zero attached hydrogens (tertiary/aromatic N) is 2. The molecule has 5 N–H and O–H groups in total. The molecule has 0 unspecified atom stereocenters. The second-order valence-electron chi connectivity index (χ2n) is 17.2. The Labute approximate surface area is 311 Å². The molecule has 6 atom stereocenters. The van der Waals surface area contributed by atoms with Crippen LogP contribution in [0.25, 0.3) is 0 Å². The molecule has 0 aromatic rings. The minimum Gasteiger partial charge on any atom is -0.449 e. The molecule has 1 saturated carbocycles. The summed E-state index contributed by atoms with van der Waals surface area (Å²) in [5.41, 5.74) is -1.36. The zero-order valence-electron chi connectivity index (χ0n) is 32.1. The number of hydrogen-bond acceptors (Lipinski definition) is 9. The minimum absolute atomic E-state index is 0.0271. The zero-order valence-corrected chi connectivity index (χ0v) is 32.1. The molecule has 8 amide bonds. The van der Waals surface area contributed by atoms with Crippen molar-refractivity contribution in [2.75, 3.05) is 32.8 Å². The largest absolute Gasteiger partial charge is 0.449 e. The summed E-state index contributed by atoms with van der Waals surface area (Å²) >= 11 is 0. The lowest BCUT2D eigenvalue weighted by atomic mass is 9.80. The van der Waals surface area contributed by atoms with Crippen LogP contribution in [0.15, 0.2) is 12.7 Å². The Morgan fingerprint density at radius 2 is 1.68 bits per heavy atom. The number of fused-ring (bicyclic) bond motifs is 3. The number of amides is 8. The number of urea groups is 1. The molecule has 16 nitrogen and oxygen atoms in total. The molecule has 3 aliphatic heterocycles. The third kappa shape index (κ3) is 9.93. The van der Waals surface area contributed by atoms with Crippen molar-refractivity contribution in [3.05, 3.63) is 12.7 Å². The van der Waals surface area contributed by atoms with Gasteiger partial charge in [-0.05, 0) is 47.3 Å². The van der Waals surface area contributed by atoms with E-state index < -0.39 is 70.6 Å². The van der Waals surface area contributed by atoms with Gasteiger partial charge in [0.25, 0.3) is 5.91 Å². The van der Waals surface area contributed by atoms with Gasteiger partial charge in [0.2, 0.25) is 29.4 Å². The lowest BCUT2D eigenvalue weighted by molar-refractivity contribution is -0.153. The van der Waals surface area contributed by atoms with Gasteiger partial charge in [0.1, 0.15) is 12.1 Å². The Hall–Kier alpha value is -4.50. The first-order valence-electron chi connectivity index (χ1n) is 18.5. The van der Waals surface area contributed by atoms with E-state index in [9.17, 15) is 38.4 Å². The van der Waals surface area contributed by atoms with Crippen LogP contribution in [0.3, 0.4) is 0 Å². The van der Waals surface area contributed by atoms with Crippen LogP contribution in [0.5, 0.6) is 0 Å². The van der Waals surface area contributed by atoms with Crippen molar-refractivity contribution in [1.29, 1.82) is 0 Å². The maximum atomic E-state index is 14.4. The molecular weight excluding hydrogens is 686 g/mol. The van der Waals surface area contributed by atoms with Crippen LogP contribution in [0, 0.1) is 28.1 Å². The van der Waals surface area contributed by atoms with Gasteiger partial charge >= 0.3 is 12.1 Å². The summed E-state index contributed by atoms with van der Waals surface area (Å²) in [5.74, 6) is -3.78. The summed E-state index contributed by atoms with van der Waals surface area (Å²) in [7, 11) is 0. The number of likely N-dealkylation sites (tertiary alicyclic amines) is 1. The number of nitrogens with one attached hydrogen (secondary N) is 5. The van der Waals surface area contributed by atoms with Gasteiger partial charge in [-0.25, -0.2) is 9.59 Å². The van der Waals surface area contributed by atoms with Gasteiger partial charge in [0.15, 0.2) is 0 Å². The highest BCUT2D eigenvalue weighted by Crippen LogP contribution is 2.65. The first-order chi connectivity index (χ1) is 24.7. The number of cyclic esters (lactones) is 1. The maximum Gasteiger partial charge on any atom is 0.407 e. The number of hydrogen-bond donors (Lipinski definition) is 5. The summed E-state index contributed by atoms with van der Waals surface area (Å²) in [6.45, 7) is 17.0. The number of ether oxygens (including phenoxy) is 1. The van der Waals surface area contributed by atoms with Crippen molar-refractivity contribution in [3.8, 4) is 0 Å². The molecule has 1 aliphatic carbocycles. The molecule has 3 saturated heterocycles. The molecule has 53 heavy (non-hydrogen) atoms. The second kappa shape index (κ2) is 16.3. The topological polar surface area (TPSA) is 212 Å². The molecule has 0 aromatic carbocycles. The van der Waals surface area contributed by atoms with Crippen LogP contribution in [0.1, 0.15) is 87.0 Å². The number of imide groups is 1. The third-order valence-electron chi connectivity index (χ3n) is 11.0. The summed E-state index contributed by atoms with van der Waals surface area (Å²) in [6.07, 6.45) is 1.89. The van der Waals surface area contributed by atoms with Gasteiger partial charge in [-0.3, -0.25) is 33.7 Å². The van der Waals surface area contributed by atoms with E-state index in [4.69, 9.17) is 4.74 Å². The van der Waals surface area contributed by atoms with Crippen LogP contribution in [-0.2, 0) is 33.5 Å². The molecule has 0 radical (unpaired) electrons. The first kappa shape index (κ1) is 41.3. The summed E-state index contributed by atoms with van der Waals surface area (Å²) in [6, 6.07) is -4.85. The van der Waals surface area contributed by atoms with Crippen molar-refractivity contribution < 1.29 is 43.1 Å². The quantitative estimate of drug-likeness (QED) is 0.138. The van der Waals surface area contributed by atoms with Gasteiger partial charge in [-0.15, -0.1) is 6.58 Å². The summed E-state index contributed by atoms with van der Waals surface area (Å²) in [4.78, 5) is 109. The van der Waals surface area contributed by atoms with Crippen LogP contribution >= 0.6 is 0 Å². The predicted octanol–water partition coefficient (Wildman–Crippen LogP) is 1.38. The summed E-state index contributed by atoms with van der Waals surface area (Å²) < 4.78 is 5.33. The molecular formula is C37H57N7O9. The SMILES string of the molecule is C=CCNC(=O)C(=O)[C@@H]1CCCCNC(=O)OCC[C@H](NC(=O)N[C@H](CN2C(=O)CC(C)(C)CC2=O)C(C)(C)C)C(=O)N2C[C@H]3[C@@H]([C@H]2C(=O)N1)C3(C)C. The number of rotatable bonds is 8. The van der Waals surface area contributed by atoms with Gasteiger partial charge in [0.05, 0.1) is 18.7 Å². The van der Waals surface area contributed by atoms with E-state index in [1.807, 2.05) is 48.5 Å². The Morgan fingerprint density at radius 1 is 1.02 bits per heavy atom. The van der Waals surface area contributed by atoms with E-state index in [2.05, 4.69) is 33.2 Å². The zero-order chi connectivity index (χ0) is 39.5. The number of piperidine rings is 2. The van der Waals surface area contributed by atoms with E-state index >= 15 is 0 Å². The predicted molar refractivity (Wildman–Crippen MR) is 193 cm³/mol. The number of carbonyl (C=O) groups excluding carboxylic acids is 8. The lowest BCUT2D eigenvalue weighted by Gasteiger charge is -2.40. The Kier molecular flexibility index (Phi) is 12.7. The average molecular weight is 744 g/mol. The number of Topliss-reactive ketones (excluding diaryl/α,β-unsaturated/α-hetero) is 1. The lowest BCUT2D eigenvalue weighted by Crippen LogP contribution is -2.61. The number of carbonyl (C=O) groups is 8. The van der Waals surface area contributed by atoms with Crippen LogP contribution in [-0.4, -0.2) is 114 Å². The van der Waals surface area contributed by atoms with Crippen LogP contribution < -0.4 is 26.6 Å². The highest BCUT2D eigenvalue weighted by atomic mass is 16.5.